The molecule has 1 saturated heterocycles. The minimum absolute atomic E-state index is 0.650. The van der Waals surface area contributed by atoms with Crippen molar-refractivity contribution in [1.82, 2.24) is 10.2 Å². The summed E-state index contributed by atoms with van der Waals surface area (Å²) in [6.45, 7) is 6.24. The Balaban J connectivity index is 1.73. The van der Waals surface area contributed by atoms with Crippen LogP contribution >= 0.6 is 0 Å². The lowest BCUT2D eigenvalue weighted by Gasteiger charge is -2.32. The molecule has 0 aromatic heterocycles. The molecule has 3 nitrogen and oxygen atoms in total. The summed E-state index contributed by atoms with van der Waals surface area (Å²) < 4.78 is 5.85. The van der Waals surface area contributed by atoms with Crippen LogP contribution in [0.1, 0.15) is 18.4 Å². The van der Waals surface area contributed by atoms with Gasteiger partial charge in [0.15, 0.2) is 0 Å². The Morgan fingerprint density at radius 1 is 1.39 bits per heavy atom. The number of nitrogens with one attached hydrogen (secondary N) is 1. The van der Waals surface area contributed by atoms with Gasteiger partial charge in [0.05, 0.1) is 0 Å². The van der Waals surface area contributed by atoms with Crippen LogP contribution in [0, 0.1) is 6.92 Å². The van der Waals surface area contributed by atoms with Crippen molar-refractivity contribution in [1.29, 1.82) is 0 Å². The predicted octanol–water partition coefficient (Wildman–Crippen LogP) is 2.06. The van der Waals surface area contributed by atoms with E-state index in [2.05, 4.69) is 30.3 Å². The third kappa shape index (κ3) is 3.72. The van der Waals surface area contributed by atoms with Crippen molar-refractivity contribution in [2.75, 3.05) is 33.3 Å². The van der Waals surface area contributed by atoms with E-state index in [-0.39, 0.29) is 0 Å². The molecule has 1 aliphatic rings. The maximum absolute atomic E-state index is 5.85. The molecule has 0 bridgehead atoms. The first-order valence-corrected chi connectivity index (χ1v) is 6.87. The number of benzene rings is 1. The first-order valence-electron chi connectivity index (χ1n) is 6.87. The van der Waals surface area contributed by atoms with E-state index < -0.39 is 0 Å². The van der Waals surface area contributed by atoms with Crippen molar-refractivity contribution < 1.29 is 4.74 Å². The van der Waals surface area contributed by atoms with E-state index in [9.17, 15) is 0 Å². The van der Waals surface area contributed by atoms with Gasteiger partial charge in [-0.05, 0) is 45.0 Å². The van der Waals surface area contributed by atoms with Crippen LogP contribution in [0.5, 0.6) is 5.75 Å². The highest BCUT2D eigenvalue weighted by Crippen LogP contribution is 2.16. The number of piperidine rings is 1. The van der Waals surface area contributed by atoms with Crippen LogP contribution in [0.4, 0.5) is 0 Å². The van der Waals surface area contributed by atoms with Crippen LogP contribution in [0.3, 0.4) is 0 Å². The highest BCUT2D eigenvalue weighted by molar-refractivity contribution is 5.31. The summed E-state index contributed by atoms with van der Waals surface area (Å²) in [5, 5.41) is 3.37. The van der Waals surface area contributed by atoms with Gasteiger partial charge >= 0.3 is 0 Å². The van der Waals surface area contributed by atoms with E-state index in [1.54, 1.807) is 0 Å². The maximum atomic E-state index is 5.85. The third-order valence-electron chi connectivity index (χ3n) is 3.67. The second-order valence-electron chi connectivity index (χ2n) is 5.04. The highest BCUT2D eigenvalue weighted by atomic mass is 16.5. The van der Waals surface area contributed by atoms with Crippen molar-refractivity contribution in [2.45, 2.75) is 25.8 Å². The van der Waals surface area contributed by atoms with Crippen LogP contribution in [-0.4, -0.2) is 44.2 Å². The number of hydrogen-bond donors (Lipinski definition) is 1. The van der Waals surface area contributed by atoms with Gasteiger partial charge in [-0.2, -0.15) is 0 Å². The average molecular weight is 248 g/mol. The molecule has 3 heteroatoms. The second kappa shape index (κ2) is 6.76. The molecule has 1 atom stereocenters. The van der Waals surface area contributed by atoms with Crippen LogP contribution in [-0.2, 0) is 0 Å². The molecule has 0 aliphatic carbocycles. The Labute approximate surface area is 110 Å². The van der Waals surface area contributed by atoms with E-state index >= 15 is 0 Å². The molecular formula is C15H24N2O. The molecule has 2 rings (SSSR count). The molecule has 0 saturated carbocycles. The summed E-state index contributed by atoms with van der Waals surface area (Å²) in [7, 11) is 2.05. The van der Waals surface area contributed by atoms with E-state index in [0.717, 1.165) is 25.4 Å². The molecule has 1 aromatic carbocycles. The fraction of sp³-hybridized carbons (Fsp3) is 0.600. The molecule has 1 unspecified atom stereocenters. The zero-order chi connectivity index (χ0) is 12.8. The quantitative estimate of drug-likeness (QED) is 0.863. The van der Waals surface area contributed by atoms with Crippen molar-refractivity contribution in [3.8, 4) is 5.75 Å². The summed E-state index contributed by atoms with van der Waals surface area (Å²) in [6.07, 6.45) is 2.58. The van der Waals surface area contributed by atoms with Crippen molar-refractivity contribution in [3.63, 3.8) is 0 Å². The van der Waals surface area contributed by atoms with Gasteiger partial charge in [0.2, 0.25) is 0 Å². The lowest BCUT2D eigenvalue weighted by Crippen LogP contribution is -2.45. The standard InChI is InChI=1S/C15H24N2O/c1-13-6-3-4-8-15(13)18-11-10-17-9-5-7-14(12-17)16-2/h3-4,6,8,14,16H,5,7,9-12H2,1-2H3. The Morgan fingerprint density at radius 2 is 2.22 bits per heavy atom. The van der Waals surface area contributed by atoms with Gasteiger partial charge in [0.25, 0.3) is 0 Å². The molecule has 1 aliphatic heterocycles. The molecule has 100 valence electrons. The normalized spacial score (nSPS) is 20.9. The van der Waals surface area contributed by atoms with E-state index in [4.69, 9.17) is 4.74 Å². The Kier molecular flexibility index (Phi) is 5.02. The first kappa shape index (κ1) is 13.4. The molecule has 0 spiro atoms. The highest BCUT2D eigenvalue weighted by Gasteiger charge is 2.17. The zero-order valence-electron chi connectivity index (χ0n) is 11.5. The second-order valence-corrected chi connectivity index (χ2v) is 5.04. The first-order chi connectivity index (χ1) is 8.79. The smallest absolute Gasteiger partial charge is 0.122 e. The van der Waals surface area contributed by atoms with Crippen molar-refractivity contribution in [2.24, 2.45) is 0 Å². The topological polar surface area (TPSA) is 24.5 Å². The minimum atomic E-state index is 0.650. The molecule has 0 radical (unpaired) electrons. The van der Waals surface area contributed by atoms with E-state index in [1.165, 1.54) is 24.9 Å². The molecule has 0 amide bonds. The SMILES string of the molecule is CNC1CCCN(CCOc2ccccc2C)C1. The van der Waals surface area contributed by atoms with Gasteiger partial charge in [-0.1, -0.05) is 18.2 Å². The molecule has 1 heterocycles. The lowest BCUT2D eigenvalue weighted by molar-refractivity contribution is 0.162. The number of aryl methyl sites for hydroxylation is 1. The number of likely N-dealkylation sites (N-methyl/N-ethyl adjacent to an activating group) is 1. The van der Waals surface area contributed by atoms with Crippen molar-refractivity contribution in [3.05, 3.63) is 29.8 Å². The molecule has 1 aromatic rings. The predicted molar refractivity (Wildman–Crippen MR) is 75.2 cm³/mol. The molecule has 18 heavy (non-hydrogen) atoms. The van der Waals surface area contributed by atoms with Gasteiger partial charge < -0.3 is 10.1 Å². The monoisotopic (exact) mass is 248 g/mol. The third-order valence-corrected chi connectivity index (χ3v) is 3.67. The fourth-order valence-corrected chi connectivity index (χ4v) is 2.50. The van der Waals surface area contributed by atoms with Crippen molar-refractivity contribution >= 4 is 0 Å². The van der Waals surface area contributed by atoms with Gasteiger partial charge in [-0.25, -0.2) is 0 Å². The average Bonchev–Trinajstić information content (AvgIpc) is 2.41. The largest absolute Gasteiger partial charge is 0.492 e. The number of ether oxygens (including phenoxy) is 1. The molecule has 1 N–H and O–H groups in total. The summed E-state index contributed by atoms with van der Waals surface area (Å²) >= 11 is 0. The number of para-hydroxylation sites is 1. The maximum Gasteiger partial charge on any atom is 0.122 e. The summed E-state index contributed by atoms with van der Waals surface area (Å²) in [6, 6.07) is 8.86. The van der Waals surface area contributed by atoms with Crippen LogP contribution in [0.2, 0.25) is 0 Å². The number of nitrogens with zero attached hydrogens (tertiary/aromatic N) is 1. The van der Waals surface area contributed by atoms with Crippen LogP contribution in [0.15, 0.2) is 24.3 Å². The zero-order valence-corrected chi connectivity index (χ0v) is 11.5. The van der Waals surface area contributed by atoms with E-state index in [1.807, 2.05) is 18.2 Å². The number of hydrogen-bond acceptors (Lipinski definition) is 3. The Hall–Kier alpha value is -1.06. The van der Waals surface area contributed by atoms with Gasteiger partial charge in [-0.3, -0.25) is 4.90 Å². The molecular weight excluding hydrogens is 224 g/mol. The summed E-state index contributed by atoms with van der Waals surface area (Å²) in [5.74, 6) is 1.01. The van der Waals surface area contributed by atoms with Gasteiger partial charge in [0, 0.05) is 19.1 Å². The number of likely N-dealkylation sites (tertiary alicyclic amines) is 1. The Bertz CT molecular complexity index is 367. The van der Waals surface area contributed by atoms with Crippen LogP contribution in [0.25, 0.3) is 0 Å². The lowest BCUT2D eigenvalue weighted by atomic mass is 10.1. The summed E-state index contributed by atoms with van der Waals surface area (Å²) in [4.78, 5) is 2.49. The van der Waals surface area contributed by atoms with Gasteiger partial charge in [-0.15, -0.1) is 0 Å². The number of rotatable bonds is 5. The van der Waals surface area contributed by atoms with E-state index in [0.29, 0.717) is 6.04 Å². The Morgan fingerprint density at radius 3 is 3.00 bits per heavy atom. The van der Waals surface area contributed by atoms with Crippen LogP contribution < -0.4 is 10.1 Å². The summed E-state index contributed by atoms with van der Waals surface area (Å²) in [5.41, 5.74) is 1.21. The fourth-order valence-electron chi connectivity index (χ4n) is 2.50. The van der Waals surface area contributed by atoms with Gasteiger partial charge in [0.1, 0.15) is 12.4 Å². The minimum Gasteiger partial charge on any atom is -0.492 e. The molecule has 1 fully saturated rings.